The second-order valence-electron chi connectivity index (χ2n) is 0.250. The van der Waals surface area contributed by atoms with E-state index in [1.807, 2.05) is 0 Å². The molecule has 0 aliphatic rings. The Morgan fingerprint density at radius 3 is 1.33 bits per heavy atom. The first-order valence-electron chi connectivity index (χ1n) is 0.612. The molecule has 36 valence electrons. The van der Waals surface area contributed by atoms with Gasteiger partial charge in [0.15, 0.2) is 0 Å². The first kappa shape index (κ1) is 16.3. The summed E-state index contributed by atoms with van der Waals surface area (Å²) >= 11 is 0. The van der Waals surface area contributed by atoms with Crippen molar-refractivity contribution in [1.29, 1.82) is 0 Å². The first-order chi connectivity index (χ1) is 1.73. The molecule has 0 saturated carbocycles. The van der Waals surface area contributed by atoms with Crippen molar-refractivity contribution >= 4 is 6.16 Å². The van der Waals surface area contributed by atoms with Crippen molar-refractivity contribution in [3.05, 3.63) is 0 Å². The minimum Gasteiger partial charge on any atom is -0.652 e. The van der Waals surface area contributed by atoms with Crippen LogP contribution in [0, 0.1) is 0 Å². The van der Waals surface area contributed by atoms with E-state index in [1.165, 1.54) is 0 Å². The summed E-state index contributed by atoms with van der Waals surface area (Å²) < 4.78 is 0. The van der Waals surface area contributed by atoms with Crippen LogP contribution >= 0.6 is 0 Å². The van der Waals surface area contributed by atoms with Gasteiger partial charge in [0.2, 0.25) is 0 Å². The summed E-state index contributed by atoms with van der Waals surface area (Å²) in [5.74, 6) is 0. The van der Waals surface area contributed by atoms with Crippen molar-refractivity contribution in [2.75, 3.05) is 0 Å². The number of carbonyl (C=O) groups is 1. The Labute approximate surface area is 55.4 Å². The molecule has 3 nitrogen and oxygen atoms in total. The van der Waals surface area contributed by atoms with Gasteiger partial charge < -0.3 is 15.0 Å². The van der Waals surface area contributed by atoms with E-state index in [0.29, 0.717) is 0 Å². The number of hydrogen-bond acceptors (Lipinski definition) is 3. The minimum absolute atomic E-state index is 0. The van der Waals surface area contributed by atoms with Gasteiger partial charge in [0, 0.05) is 0 Å². The average Bonchev–Trinajstić information content (AvgIpc) is 0.811. The van der Waals surface area contributed by atoms with Gasteiger partial charge in [0.25, 0.3) is 0 Å². The molecule has 5 heteroatoms. The minimum atomic E-state index is -2.33. The molecule has 0 unspecified atom stereocenters. The molecule has 0 saturated heterocycles. The van der Waals surface area contributed by atoms with Crippen molar-refractivity contribution in [3.63, 3.8) is 0 Å². The molecule has 0 aromatic carbocycles. The van der Waals surface area contributed by atoms with Crippen molar-refractivity contribution < 1.29 is 48.9 Å². The average molecular weight is 174 g/mol. The third-order valence-electron chi connectivity index (χ3n) is 0. The van der Waals surface area contributed by atoms with E-state index in [2.05, 4.69) is 0 Å². The second-order valence-corrected chi connectivity index (χ2v) is 0.250. The molecular formula is CCoMnO3+2. The van der Waals surface area contributed by atoms with Gasteiger partial charge in [-0.2, -0.15) is 0 Å². The Bertz CT molecular complexity index is 33.8. The summed E-state index contributed by atoms with van der Waals surface area (Å²) in [4.78, 5) is 8.33. The van der Waals surface area contributed by atoms with Gasteiger partial charge >= 0.3 is 33.8 Å². The third-order valence-corrected chi connectivity index (χ3v) is 0. The van der Waals surface area contributed by atoms with Crippen molar-refractivity contribution in [3.8, 4) is 0 Å². The quantitative estimate of drug-likeness (QED) is 0.383. The van der Waals surface area contributed by atoms with Crippen LogP contribution in [0.3, 0.4) is 0 Å². The summed E-state index contributed by atoms with van der Waals surface area (Å²) in [5, 5.41) is 16.7. The van der Waals surface area contributed by atoms with Gasteiger partial charge in [-0.3, -0.25) is 0 Å². The molecule has 0 bridgehead atoms. The summed E-state index contributed by atoms with van der Waals surface area (Å²) in [6.45, 7) is 0. The molecule has 0 heterocycles. The Balaban J connectivity index is -0.0000000450. The van der Waals surface area contributed by atoms with Crippen LogP contribution in [0.5, 0.6) is 0 Å². The maximum absolute atomic E-state index is 8.33. The van der Waals surface area contributed by atoms with Crippen LogP contribution in [-0.2, 0) is 33.8 Å². The molecule has 0 spiro atoms. The van der Waals surface area contributed by atoms with Crippen LogP contribution in [0.1, 0.15) is 0 Å². The van der Waals surface area contributed by atoms with E-state index in [-0.39, 0.29) is 33.8 Å². The van der Waals surface area contributed by atoms with Gasteiger partial charge in [0.05, 0.1) is 0 Å². The Morgan fingerprint density at radius 1 is 1.33 bits per heavy atom. The summed E-state index contributed by atoms with van der Waals surface area (Å²) in [6.07, 6.45) is -2.33. The molecule has 0 aliphatic carbocycles. The summed E-state index contributed by atoms with van der Waals surface area (Å²) in [6, 6.07) is 0. The normalized spacial score (nSPS) is 4.00. The number of carboxylic acid groups (broad SMARTS) is 2. The Morgan fingerprint density at radius 2 is 1.33 bits per heavy atom. The largest absolute Gasteiger partial charge is 2.00 e. The monoisotopic (exact) mass is 174 g/mol. The fraction of sp³-hybridized carbons (Fsp3) is 0. The fourth-order valence-electron chi connectivity index (χ4n) is 0. The standard InChI is InChI=1S/CH2O3.Co.Mn/c2-1(3)4;;/h(H2,2,3,4);;/q;2*+2/p-2. The number of carbonyl (C=O) groups excluding carboxylic acids is 1. The second kappa shape index (κ2) is 9.00. The zero-order valence-electron chi connectivity index (χ0n) is 2.44. The van der Waals surface area contributed by atoms with Crippen LogP contribution in [0.25, 0.3) is 0 Å². The van der Waals surface area contributed by atoms with Crippen LogP contribution in [-0.4, -0.2) is 6.16 Å². The van der Waals surface area contributed by atoms with E-state index in [1.54, 1.807) is 0 Å². The molecule has 0 fully saturated rings. The SMILES string of the molecule is O=C([O-])[O-].[Co+2].[Mn+2]. The predicted octanol–water partition coefficient (Wildman–Crippen LogP) is -2.45. The molecule has 0 atom stereocenters. The van der Waals surface area contributed by atoms with Gasteiger partial charge in [0.1, 0.15) is 0 Å². The maximum atomic E-state index is 8.33. The van der Waals surface area contributed by atoms with E-state index in [0.717, 1.165) is 0 Å². The zero-order chi connectivity index (χ0) is 3.58. The van der Waals surface area contributed by atoms with E-state index < -0.39 is 6.16 Å². The number of hydrogen-bond donors (Lipinski definition) is 0. The van der Waals surface area contributed by atoms with E-state index >= 15 is 0 Å². The van der Waals surface area contributed by atoms with Gasteiger partial charge in [-0.15, -0.1) is 0 Å². The van der Waals surface area contributed by atoms with Crippen LogP contribution in [0.15, 0.2) is 0 Å². The molecule has 0 aromatic heterocycles. The van der Waals surface area contributed by atoms with Gasteiger partial charge in [-0.1, -0.05) is 0 Å². The van der Waals surface area contributed by atoms with Crippen LogP contribution < -0.4 is 10.2 Å². The van der Waals surface area contributed by atoms with Gasteiger partial charge in [-0.25, -0.2) is 0 Å². The molecule has 0 rings (SSSR count). The molecule has 6 heavy (non-hydrogen) atoms. The Kier molecular flexibility index (Phi) is 24.4. The van der Waals surface area contributed by atoms with E-state index in [4.69, 9.17) is 15.0 Å². The molecule has 2 radical (unpaired) electrons. The predicted molar refractivity (Wildman–Crippen MR) is 5.40 cm³/mol. The molecule has 0 N–H and O–H groups in total. The van der Waals surface area contributed by atoms with Crippen molar-refractivity contribution in [2.24, 2.45) is 0 Å². The summed E-state index contributed by atoms with van der Waals surface area (Å²) in [5.41, 5.74) is 0. The maximum Gasteiger partial charge on any atom is 2.00 e. The van der Waals surface area contributed by atoms with Crippen molar-refractivity contribution in [1.82, 2.24) is 0 Å². The van der Waals surface area contributed by atoms with Crippen molar-refractivity contribution in [2.45, 2.75) is 0 Å². The van der Waals surface area contributed by atoms with E-state index in [9.17, 15) is 0 Å². The van der Waals surface area contributed by atoms with Crippen LogP contribution in [0.2, 0.25) is 0 Å². The smallest absolute Gasteiger partial charge is 0.652 e. The molecular weight excluding hydrogens is 174 g/mol. The molecule has 0 aromatic rings. The van der Waals surface area contributed by atoms with Crippen LogP contribution in [0.4, 0.5) is 4.79 Å². The first-order valence-corrected chi connectivity index (χ1v) is 0.612. The topological polar surface area (TPSA) is 63.2 Å². The van der Waals surface area contributed by atoms with Gasteiger partial charge in [-0.05, 0) is 6.16 Å². The zero-order valence-corrected chi connectivity index (χ0v) is 4.66. The number of rotatable bonds is 0. The molecule has 0 amide bonds. The third kappa shape index (κ3) is 533. The fourth-order valence-corrected chi connectivity index (χ4v) is 0. The molecule has 0 aliphatic heterocycles. The summed E-state index contributed by atoms with van der Waals surface area (Å²) in [7, 11) is 0. The Hall–Kier alpha value is 0.296.